The summed E-state index contributed by atoms with van der Waals surface area (Å²) in [6, 6.07) is 2.83. The molecule has 0 unspecified atom stereocenters. The molecule has 132 valence electrons. The highest BCUT2D eigenvalue weighted by atomic mass is 19.1. The zero-order chi connectivity index (χ0) is 18.0. The fourth-order valence-corrected chi connectivity index (χ4v) is 3.17. The summed E-state index contributed by atoms with van der Waals surface area (Å²) in [7, 11) is 0. The minimum Gasteiger partial charge on any atom is -0.506 e. The van der Waals surface area contributed by atoms with Crippen LogP contribution in [0.4, 0.5) is 4.39 Å². The fraction of sp³-hybridized carbons (Fsp3) is 0.412. The van der Waals surface area contributed by atoms with Gasteiger partial charge in [0.2, 0.25) is 0 Å². The van der Waals surface area contributed by atoms with Crippen LogP contribution >= 0.6 is 0 Å². The Labute approximate surface area is 142 Å². The summed E-state index contributed by atoms with van der Waals surface area (Å²) in [5, 5.41) is 13.3. The maximum absolute atomic E-state index is 13.2. The molecule has 1 aliphatic rings. The van der Waals surface area contributed by atoms with Gasteiger partial charge in [-0.2, -0.15) is 0 Å². The molecule has 25 heavy (non-hydrogen) atoms. The predicted molar refractivity (Wildman–Crippen MR) is 88.4 cm³/mol. The number of hydrogen-bond acceptors (Lipinski definition) is 5. The molecule has 0 aliphatic heterocycles. The van der Waals surface area contributed by atoms with Gasteiger partial charge in [-0.1, -0.05) is 0 Å². The monoisotopic (exact) mass is 347 g/mol. The number of aromatic hydroxyl groups is 1. The summed E-state index contributed by atoms with van der Waals surface area (Å²) < 4.78 is 14.3. The highest BCUT2D eigenvalue weighted by molar-refractivity contribution is 6.01. The first kappa shape index (κ1) is 17.1. The van der Waals surface area contributed by atoms with Crippen molar-refractivity contribution in [2.75, 3.05) is 0 Å². The van der Waals surface area contributed by atoms with E-state index in [1.54, 1.807) is 6.07 Å². The van der Waals surface area contributed by atoms with Crippen molar-refractivity contribution in [2.45, 2.75) is 44.4 Å². The number of hydrogen-bond donors (Lipinski definition) is 2. The number of nitrogens with one attached hydrogen (secondary N) is 1. The Bertz CT molecular complexity index is 872. The molecular formula is C17H18FN3O4. The third-order valence-electron chi connectivity index (χ3n) is 4.47. The Morgan fingerprint density at radius 2 is 2.12 bits per heavy atom. The number of carbonyl (C=O) groups excluding carboxylic acids is 2. The molecule has 0 aromatic carbocycles. The van der Waals surface area contributed by atoms with Gasteiger partial charge in [-0.15, -0.1) is 0 Å². The Kier molecular flexibility index (Phi) is 4.78. The number of alkyl halides is 1. The van der Waals surface area contributed by atoms with E-state index >= 15 is 0 Å². The molecule has 0 saturated heterocycles. The van der Waals surface area contributed by atoms with Crippen LogP contribution in [0.1, 0.15) is 36.0 Å². The number of aldehydes is 1. The number of aromatic nitrogens is 2. The van der Waals surface area contributed by atoms with E-state index in [4.69, 9.17) is 0 Å². The van der Waals surface area contributed by atoms with Crippen LogP contribution in [0.3, 0.4) is 0 Å². The topological polar surface area (TPSA) is 101 Å². The summed E-state index contributed by atoms with van der Waals surface area (Å²) in [5.74, 6) is -1.19. The number of nitrogens with zero attached hydrogens (tertiary/aromatic N) is 2. The molecule has 0 spiro atoms. The van der Waals surface area contributed by atoms with E-state index in [9.17, 15) is 23.9 Å². The molecule has 0 radical (unpaired) electrons. The van der Waals surface area contributed by atoms with Crippen molar-refractivity contribution >= 4 is 23.2 Å². The van der Waals surface area contributed by atoms with Crippen molar-refractivity contribution in [3.05, 3.63) is 34.2 Å². The van der Waals surface area contributed by atoms with Crippen LogP contribution in [0.2, 0.25) is 0 Å². The summed E-state index contributed by atoms with van der Waals surface area (Å²) in [6.07, 6.45) is 2.76. The van der Waals surface area contributed by atoms with Gasteiger partial charge in [-0.05, 0) is 37.8 Å². The van der Waals surface area contributed by atoms with Crippen LogP contribution < -0.4 is 10.9 Å². The van der Waals surface area contributed by atoms with Gasteiger partial charge in [0.15, 0.2) is 0 Å². The smallest absolute Gasteiger partial charge is 0.269 e. The van der Waals surface area contributed by atoms with E-state index in [0.717, 1.165) is 4.57 Å². The second-order valence-electron chi connectivity index (χ2n) is 6.10. The molecular weight excluding hydrogens is 329 g/mol. The number of amides is 1. The van der Waals surface area contributed by atoms with E-state index in [2.05, 4.69) is 10.3 Å². The molecule has 2 aromatic heterocycles. The maximum Gasteiger partial charge on any atom is 0.269 e. The fourth-order valence-electron chi connectivity index (χ4n) is 3.17. The lowest BCUT2D eigenvalue weighted by molar-refractivity contribution is -0.108. The lowest BCUT2D eigenvalue weighted by Crippen LogP contribution is -2.41. The summed E-state index contributed by atoms with van der Waals surface area (Å²) in [6.45, 7) is -0.278. The van der Waals surface area contributed by atoms with Gasteiger partial charge in [-0.25, -0.2) is 9.37 Å². The van der Waals surface area contributed by atoms with Gasteiger partial charge in [0.1, 0.15) is 29.4 Å². The van der Waals surface area contributed by atoms with Gasteiger partial charge < -0.3 is 15.2 Å². The van der Waals surface area contributed by atoms with Crippen molar-refractivity contribution in [3.8, 4) is 5.75 Å². The summed E-state index contributed by atoms with van der Waals surface area (Å²) in [4.78, 5) is 40.1. The van der Waals surface area contributed by atoms with Gasteiger partial charge in [0, 0.05) is 12.2 Å². The van der Waals surface area contributed by atoms with E-state index in [1.807, 2.05) is 0 Å². The van der Waals surface area contributed by atoms with Crippen LogP contribution in [0.5, 0.6) is 5.75 Å². The zero-order valence-corrected chi connectivity index (χ0v) is 13.4. The zero-order valence-electron chi connectivity index (χ0n) is 13.4. The molecule has 2 aromatic rings. The molecule has 2 N–H and O–H groups in total. The van der Waals surface area contributed by atoms with Gasteiger partial charge in [0.25, 0.3) is 11.5 Å². The first-order chi connectivity index (χ1) is 12.0. The average Bonchev–Trinajstić information content (AvgIpc) is 2.61. The first-order valence-corrected chi connectivity index (χ1v) is 8.12. The first-order valence-electron chi connectivity index (χ1n) is 8.12. The number of fused-ring (bicyclic) bond motifs is 1. The second-order valence-corrected chi connectivity index (χ2v) is 6.10. The van der Waals surface area contributed by atoms with E-state index < -0.39 is 29.0 Å². The molecule has 0 atom stereocenters. The molecule has 2 heterocycles. The Morgan fingerprint density at radius 3 is 2.80 bits per heavy atom. The van der Waals surface area contributed by atoms with Crippen molar-refractivity contribution in [1.29, 1.82) is 0 Å². The lowest BCUT2D eigenvalue weighted by Gasteiger charge is -2.25. The molecule has 8 heteroatoms. The van der Waals surface area contributed by atoms with Crippen LogP contribution in [0.25, 0.3) is 11.0 Å². The SMILES string of the molecule is O=CCn1c(=O)c(C(=O)NC2CCC(F)CC2)c(O)c2cccnc21. The number of halogens is 1. The van der Waals surface area contributed by atoms with Crippen LogP contribution in [0.15, 0.2) is 23.1 Å². The number of pyridine rings is 2. The molecule has 3 rings (SSSR count). The normalized spacial score (nSPS) is 20.4. The molecule has 1 saturated carbocycles. The standard InChI is InChI=1S/C17H18FN3O4/c18-10-3-5-11(6-4-10)20-16(24)13-14(23)12-2-1-7-19-15(12)21(8-9-22)17(13)25/h1-2,7,9-11,23H,3-6,8H2,(H,20,24). The number of carbonyl (C=O) groups is 2. The Hall–Kier alpha value is -2.77. The molecule has 1 fully saturated rings. The van der Waals surface area contributed by atoms with E-state index in [-0.39, 0.29) is 23.6 Å². The van der Waals surface area contributed by atoms with Crippen molar-refractivity contribution in [2.24, 2.45) is 0 Å². The molecule has 7 nitrogen and oxygen atoms in total. The Morgan fingerprint density at radius 1 is 1.40 bits per heavy atom. The average molecular weight is 347 g/mol. The summed E-state index contributed by atoms with van der Waals surface area (Å²) >= 11 is 0. The van der Waals surface area contributed by atoms with E-state index in [1.165, 1.54) is 12.3 Å². The highest BCUT2D eigenvalue weighted by Gasteiger charge is 2.27. The van der Waals surface area contributed by atoms with Crippen molar-refractivity contribution < 1.29 is 19.1 Å². The molecule has 1 amide bonds. The summed E-state index contributed by atoms with van der Waals surface area (Å²) in [5.41, 5.74) is -1.08. The third kappa shape index (κ3) is 3.24. The number of rotatable bonds is 4. The van der Waals surface area contributed by atoms with Crippen molar-refractivity contribution in [1.82, 2.24) is 14.9 Å². The largest absolute Gasteiger partial charge is 0.506 e. The van der Waals surface area contributed by atoms with Crippen LogP contribution in [-0.4, -0.2) is 39.1 Å². The maximum atomic E-state index is 13.2. The Balaban J connectivity index is 2.01. The third-order valence-corrected chi connectivity index (χ3v) is 4.47. The van der Waals surface area contributed by atoms with Gasteiger partial charge >= 0.3 is 0 Å². The quantitative estimate of drug-likeness (QED) is 0.812. The predicted octanol–water partition coefficient (Wildman–Crippen LogP) is 1.31. The highest BCUT2D eigenvalue weighted by Crippen LogP contribution is 2.26. The van der Waals surface area contributed by atoms with Crippen LogP contribution in [-0.2, 0) is 11.3 Å². The lowest BCUT2D eigenvalue weighted by atomic mass is 9.94. The van der Waals surface area contributed by atoms with E-state index in [0.29, 0.717) is 32.0 Å². The second kappa shape index (κ2) is 7.00. The minimum atomic E-state index is -0.863. The van der Waals surface area contributed by atoms with Crippen molar-refractivity contribution in [3.63, 3.8) is 0 Å². The van der Waals surface area contributed by atoms with Gasteiger partial charge in [0.05, 0.1) is 11.9 Å². The minimum absolute atomic E-state index is 0.131. The molecule has 0 bridgehead atoms. The molecule has 1 aliphatic carbocycles. The van der Waals surface area contributed by atoms with Crippen LogP contribution in [0, 0.1) is 0 Å². The van der Waals surface area contributed by atoms with Gasteiger partial charge in [-0.3, -0.25) is 14.2 Å².